The van der Waals surface area contributed by atoms with E-state index in [1.165, 1.54) is 0 Å². The van der Waals surface area contributed by atoms with E-state index in [1.807, 2.05) is 30.3 Å². The Hall–Kier alpha value is -2.52. The van der Waals surface area contributed by atoms with Gasteiger partial charge in [0.2, 0.25) is 4.80 Å². The molecule has 0 saturated carbocycles. The van der Waals surface area contributed by atoms with Gasteiger partial charge in [-0.25, -0.2) is 9.48 Å². The molecular formula is C17H21N3O5S. The number of carboxylic acids is 1. The molecular weight excluding hydrogens is 358 g/mol. The molecule has 0 unspecified atom stereocenters. The Bertz CT molecular complexity index is 821. The number of nitrogens with zero attached hydrogens (tertiary/aromatic N) is 3. The fourth-order valence-corrected chi connectivity index (χ4v) is 2.74. The summed E-state index contributed by atoms with van der Waals surface area (Å²) in [7, 11) is 0. The van der Waals surface area contributed by atoms with Crippen LogP contribution in [0.1, 0.15) is 31.3 Å². The van der Waals surface area contributed by atoms with Gasteiger partial charge in [0.1, 0.15) is 23.8 Å². The van der Waals surface area contributed by atoms with Gasteiger partial charge in [0.15, 0.2) is 0 Å². The maximum Gasteiger partial charge on any atom is 0.436 e. The summed E-state index contributed by atoms with van der Waals surface area (Å²) in [6, 6.07) is 9.64. The summed E-state index contributed by atoms with van der Waals surface area (Å²) >= 11 is 1.09. The first-order valence-electron chi connectivity index (χ1n) is 7.91. The molecule has 140 valence electrons. The highest BCUT2D eigenvalue weighted by molar-refractivity contribution is 7.08. The van der Waals surface area contributed by atoms with Gasteiger partial charge in [-0.05, 0) is 26.3 Å². The van der Waals surface area contributed by atoms with Crippen molar-refractivity contribution in [3.05, 3.63) is 45.7 Å². The third kappa shape index (κ3) is 6.77. The number of carboxylic acid groups (broad SMARTS) is 1. The van der Waals surface area contributed by atoms with Crippen molar-refractivity contribution >= 4 is 23.4 Å². The summed E-state index contributed by atoms with van der Waals surface area (Å²) in [5, 5.41) is 13.7. The number of ether oxygens (including phenoxy) is 2. The average molecular weight is 379 g/mol. The largest absolute Gasteiger partial charge is 0.480 e. The highest BCUT2D eigenvalue weighted by Gasteiger charge is 2.17. The van der Waals surface area contributed by atoms with Crippen molar-refractivity contribution in [1.29, 1.82) is 0 Å². The molecule has 1 aromatic carbocycles. The van der Waals surface area contributed by atoms with E-state index < -0.39 is 24.2 Å². The molecule has 0 radical (unpaired) electrons. The Kier molecular flexibility index (Phi) is 6.64. The summed E-state index contributed by atoms with van der Waals surface area (Å²) in [4.78, 5) is 26.8. The molecule has 0 aliphatic heterocycles. The van der Waals surface area contributed by atoms with Crippen LogP contribution in [0.4, 0.5) is 4.79 Å². The van der Waals surface area contributed by atoms with Gasteiger partial charge in [-0.1, -0.05) is 41.7 Å². The van der Waals surface area contributed by atoms with E-state index in [-0.39, 0.29) is 11.4 Å². The SMILES string of the molecule is CC(C)(C)OC(=O)/N=c1/sc(COCc2ccccc2)nn1CC(=O)O. The normalized spacial score (nSPS) is 12.2. The maximum absolute atomic E-state index is 11.9. The minimum absolute atomic E-state index is 0.153. The van der Waals surface area contributed by atoms with Crippen molar-refractivity contribution in [2.24, 2.45) is 4.99 Å². The number of aromatic nitrogens is 2. The molecule has 1 amide bonds. The van der Waals surface area contributed by atoms with Gasteiger partial charge in [-0.3, -0.25) is 4.79 Å². The van der Waals surface area contributed by atoms with Gasteiger partial charge in [0, 0.05) is 0 Å². The third-order valence-corrected chi connectivity index (χ3v) is 3.78. The van der Waals surface area contributed by atoms with E-state index in [1.54, 1.807) is 20.8 Å². The predicted octanol–water partition coefficient (Wildman–Crippen LogP) is 2.58. The summed E-state index contributed by atoms with van der Waals surface area (Å²) in [5.41, 5.74) is 0.325. The Labute approximate surface area is 154 Å². The van der Waals surface area contributed by atoms with Crippen molar-refractivity contribution in [2.45, 2.75) is 46.1 Å². The van der Waals surface area contributed by atoms with Gasteiger partial charge in [0.25, 0.3) is 0 Å². The zero-order valence-electron chi connectivity index (χ0n) is 14.8. The molecule has 2 aromatic rings. The van der Waals surface area contributed by atoms with Gasteiger partial charge in [-0.15, -0.1) is 4.99 Å². The van der Waals surface area contributed by atoms with Crippen LogP contribution in [-0.4, -0.2) is 32.6 Å². The second-order valence-electron chi connectivity index (χ2n) is 6.40. The van der Waals surface area contributed by atoms with Crippen LogP contribution < -0.4 is 4.80 Å². The number of benzene rings is 1. The topological polar surface area (TPSA) is 103 Å². The average Bonchev–Trinajstić information content (AvgIpc) is 2.87. The monoisotopic (exact) mass is 379 g/mol. The lowest BCUT2D eigenvalue weighted by atomic mass is 10.2. The molecule has 0 aliphatic rings. The lowest BCUT2D eigenvalue weighted by Gasteiger charge is -2.16. The van der Waals surface area contributed by atoms with Crippen LogP contribution in [-0.2, 0) is 34.0 Å². The molecule has 9 heteroatoms. The summed E-state index contributed by atoms with van der Waals surface area (Å²) in [6.45, 7) is 5.35. The summed E-state index contributed by atoms with van der Waals surface area (Å²) in [6.07, 6.45) is -0.794. The van der Waals surface area contributed by atoms with E-state index in [2.05, 4.69) is 10.1 Å². The molecule has 26 heavy (non-hydrogen) atoms. The van der Waals surface area contributed by atoms with Crippen molar-refractivity contribution in [3.63, 3.8) is 0 Å². The van der Waals surface area contributed by atoms with Crippen molar-refractivity contribution in [3.8, 4) is 0 Å². The van der Waals surface area contributed by atoms with Crippen LogP contribution in [0, 0.1) is 0 Å². The zero-order valence-corrected chi connectivity index (χ0v) is 15.7. The minimum Gasteiger partial charge on any atom is -0.480 e. The Balaban J connectivity index is 2.11. The lowest BCUT2D eigenvalue weighted by Crippen LogP contribution is -2.26. The molecule has 0 atom stereocenters. The van der Waals surface area contributed by atoms with Crippen molar-refractivity contribution in [2.75, 3.05) is 0 Å². The van der Waals surface area contributed by atoms with Gasteiger partial charge < -0.3 is 14.6 Å². The molecule has 0 fully saturated rings. The first-order valence-corrected chi connectivity index (χ1v) is 8.72. The molecule has 0 spiro atoms. The molecule has 0 bridgehead atoms. The van der Waals surface area contributed by atoms with Crippen LogP contribution in [0.5, 0.6) is 0 Å². The molecule has 8 nitrogen and oxygen atoms in total. The molecule has 1 aromatic heterocycles. The van der Waals surface area contributed by atoms with Crippen LogP contribution in [0.25, 0.3) is 0 Å². The fraction of sp³-hybridized carbons (Fsp3) is 0.412. The minimum atomic E-state index is -1.09. The van der Waals surface area contributed by atoms with Gasteiger partial charge in [0.05, 0.1) is 6.61 Å². The smallest absolute Gasteiger partial charge is 0.436 e. The summed E-state index contributed by atoms with van der Waals surface area (Å²) in [5.74, 6) is -1.09. The molecule has 0 saturated heterocycles. The standard InChI is InChI=1S/C17H21N3O5S/c1-17(2,3)25-16(23)18-15-20(9-14(21)22)19-13(26-15)11-24-10-12-7-5-4-6-8-12/h4-8H,9-11H2,1-3H3,(H,21,22)/b18-15+. The van der Waals surface area contributed by atoms with E-state index in [0.717, 1.165) is 21.6 Å². The van der Waals surface area contributed by atoms with E-state index >= 15 is 0 Å². The number of carbonyl (C=O) groups excluding carboxylic acids is 1. The highest BCUT2D eigenvalue weighted by Crippen LogP contribution is 2.09. The second-order valence-corrected chi connectivity index (χ2v) is 7.44. The second kappa shape index (κ2) is 8.72. The predicted molar refractivity (Wildman–Crippen MR) is 94.5 cm³/mol. The van der Waals surface area contributed by atoms with E-state index in [9.17, 15) is 9.59 Å². The van der Waals surface area contributed by atoms with Crippen LogP contribution in [0.15, 0.2) is 35.3 Å². The van der Waals surface area contributed by atoms with Gasteiger partial charge in [-0.2, -0.15) is 5.10 Å². The fourth-order valence-electron chi connectivity index (χ4n) is 1.92. The number of rotatable bonds is 6. The third-order valence-electron chi connectivity index (χ3n) is 2.86. The number of amides is 1. The zero-order chi connectivity index (χ0) is 19.2. The number of hydrogen-bond acceptors (Lipinski definition) is 6. The quantitative estimate of drug-likeness (QED) is 0.827. The molecule has 0 aliphatic carbocycles. The first kappa shape index (κ1) is 19.8. The number of aliphatic carboxylic acids is 1. The Morgan fingerprint density at radius 1 is 1.23 bits per heavy atom. The van der Waals surface area contributed by atoms with E-state index in [0.29, 0.717) is 11.6 Å². The Morgan fingerprint density at radius 3 is 2.54 bits per heavy atom. The number of hydrogen-bond donors (Lipinski definition) is 1. The lowest BCUT2D eigenvalue weighted by molar-refractivity contribution is -0.138. The van der Waals surface area contributed by atoms with Crippen LogP contribution in [0.3, 0.4) is 0 Å². The van der Waals surface area contributed by atoms with Crippen LogP contribution >= 0.6 is 11.3 Å². The molecule has 1 heterocycles. The summed E-state index contributed by atoms with van der Waals surface area (Å²) < 4.78 is 11.9. The first-order chi connectivity index (χ1) is 12.2. The maximum atomic E-state index is 11.9. The van der Waals surface area contributed by atoms with E-state index in [4.69, 9.17) is 14.6 Å². The number of carbonyl (C=O) groups is 2. The van der Waals surface area contributed by atoms with Crippen LogP contribution in [0.2, 0.25) is 0 Å². The van der Waals surface area contributed by atoms with Crippen molar-refractivity contribution in [1.82, 2.24) is 9.78 Å². The molecule has 2 rings (SSSR count). The van der Waals surface area contributed by atoms with Gasteiger partial charge >= 0.3 is 12.1 Å². The molecule has 1 N–H and O–H groups in total. The highest BCUT2D eigenvalue weighted by atomic mass is 32.1. The van der Waals surface area contributed by atoms with Crippen molar-refractivity contribution < 1.29 is 24.2 Å². The Morgan fingerprint density at radius 2 is 1.92 bits per heavy atom.